The van der Waals surface area contributed by atoms with E-state index in [0.717, 1.165) is 11.1 Å². The minimum atomic E-state index is -0.318. The maximum absolute atomic E-state index is 11.4. The molecule has 0 aromatic heterocycles. The van der Waals surface area contributed by atoms with Crippen LogP contribution in [0, 0.1) is 0 Å². The Kier molecular flexibility index (Phi) is 5.12. The van der Waals surface area contributed by atoms with Crippen molar-refractivity contribution in [1.82, 2.24) is 5.43 Å². The SMILES string of the molecule is NNC(=O)c1cccc(COCc2cccc(Cl)c2)c1. The molecule has 0 saturated carbocycles. The van der Waals surface area contributed by atoms with Crippen molar-refractivity contribution in [3.63, 3.8) is 0 Å². The molecule has 0 aliphatic heterocycles. The second kappa shape index (κ2) is 7.05. The molecule has 2 rings (SSSR count). The Hall–Kier alpha value is -1.88. The molecule has 0 heterocycles. The minimum Gasteiger partial charge on any atom is -0.372 e. The summed E-state index contributed by atoms with van der Waals surface area (Å²) in [4.78, 5) is 11.4. The van der Waals surface area contributed by atoms with Gasteiger partial charge in [0.2, 0.25) is 0 Å². The lowest BCUT2D eigenvalue weighted by Gasteiger charge is -2.06. The summed E-state index contributed by atoms with van der Waals surface area (Å²) >= 11 is 5.90. The van der Waals surface area contributed by atoms with Crippen LogP contribution in [0.1, 0.15) is 21.5 Å². The molecule has 0 radical (unpaired) electrons. The van der Waals surface area contributed by atoms with Crippen molar-refractivity contribution >= 4 is 17.5 Å². The van der Waals surface area contributed by atoms with Crippen LogP contribution in [0.3, 0.4) is 0 Å². The van der Waals surface area contributed by atoms with Crippen molar-refractivity contribution in [2.45, 2.75) is 13.2 Å². The van der Waals surface area contributed by atoms with E-state index >= 15 is 0 Å². The molecule has 0 saturated heterocycles. The smallest absolute Gasteiger partial charge is 0.265 e. The second-order valence-electron chi connectivity index (χ2n) is 4.30. The van der Waals surface area contributed by atoms with E-state index in [0.29, 0.717) is 23.8 Å². The molecule has 2 aromatic carbocycles. The number of carbonyl (C=O) groups is 1. The van der Waals surface area contributed by atoms with Crippen LogP contribution in [0.2, 0.25) is 5.02 Å². The van der Waals surface area contributed by atoms with Crippen LogP contribution in [0.25, 0.3) is 0 Å². The summed E-state index contributed by atoms with van der Waals surface area (Å²) in [5.41, 5.74) is 4.53. The van der Waals surface area contributed by atoms with Gasteiger partial charge in [-0.15, -0.1) is 0 Å². The fraction of sp³-hybridized carbons (Fsp3) is 0.133. The average molecular weight is 291 g/mol. The molecule has 0 bridgehead atoms. The van der Waals surface area contributed by atoms with Crippen molar-refractivity contribution < 1.29 is 9.53 Å². The normalized spacial score (nSPS) is 10.3. The van der Waals surface area contributed by atoms with Gasteiger partial charge < -0.3 is 4.74 Å². The Morgan fingerprint density at radius 3 is 2.40 bits per heavy atom. The molecule has 104 valence electrons. The second-order valence-corrected chi connectivity index (χ2v) is 4.73. The van der Waals surface area contributed by atoms with Crippen LogP contribution in [0.4, 0.5) is 0 Å². The molecule has 4 nitrogen and oxygen atoms in total. The molecular weight excluding hydrogens is 276 g/mol. The van der Waals surface area contributed by atoms with Gasteiger partial charge in [-0.25, -0.2) is 5.84 Å². The monoisotopic (exact) mass is 290 g/mol. The molecule has 0 unspecified atom stereocenters. The maximum atomic E-state index is 11.4. The van der Waals surface area contributed by atoms with Gasteiger partial charge in [0.1, 0.15) is 0 Å². The van der Waals surface area contributed by atoms with E-state index < -0.39 is 0 Å². The number of carbonyl (C=O) groups excluding carboxylic acids is 1. The molecule has 5 heteroatoms. The number of rotatable bonds is 5. The first-order valence-corrected chi connectivity index (χ1v) is 6.49. The molecule has 0 aliphatic rings. The van der Waals surface area contributed by atoms with Gasteiger partial charge in [0.25, 0.3) is 5.91 Å². The molecule has 0 spiro atoms. The number of hydrazine groups is 1. The summed E-state index contributed by atoms with van der Waals surface area (Å²) in [6.07, 6.45) is 0. The number of hydrogen-bond donors (Lipinski definition) is 2. The summed E-state index contributed by atoms with van der Waals surface area (Å²) in [6, 6.07) is 14.6. The summed E-state index contributed by atoms with van der Waals surface area (Å²) in [5.74, 6) is 4.78. The third kappa shape index (κ3) is 4.06. The molecule has 0 atom stereocenters. The van der Waals surface area contributed by atoms with Crippen LogP contribution in [0.15, 0.2) is 48.5 Å². The largest absolute Gasteiger partial charge is 0.372 e. The predicted molar refractivity (Wildman–Crippen MR) is 78.0 cm³/mol. The van der Waals surface area contributed by atoms with Gasteiger partial charge in [0.15, 0.2) is 0 Å². The first kappa shape index (κ1) is 14.5. The molecule has 0 aliphatic carbocycles. The van der Waals surface area contributed by atoms with Crippen LogP contribution in [0.5, 0.6) is 0 Å². The zero-order valence-corrected chi connectivity index (χ0v) is 11.6. The van der Waals surface area contributed by atoms with E-state index in [9.17, 15) is 4.79 Å². The predicted octanol–water partition coefficient (Wildman–Crippen LogP) is 2.66. The lowest BCUT2D eigenvalue weighted by molar-refractivity contribution is 0.0951. The lowest BCUT2D eigenvalue weighted by Crippen LogP contribution is -2.29. The first-order valence-electron chi connectivity index (χ1n) is 6.11. The number of benzene rings is 2. The quantitative estimate of drug-likeness (QED) is 0.505. The number of hydrogen-bond acceptors (Lipinski definition) is 3. The van der Waals surface area contributed by atoms with Gasteiger partial charge >= 0.3 is 0 Å². The zero-order valence-electron chi connectivity index (χ0n) is 10.8. The molecule has 3 N–H and O–H groups in total. The average Bonchev–Trinajstić information content (AvgIpc) is 2.47. The highest BCUT2D eigenvalue weighted by Crippen LogP contribution is 2.13. The number of nitrogens with one attached hydrogen (secondary N) is 1. The number of nitrogens with two attached hydrogens (primary N) is 1. The van der Waals surface area contributed by atoms with Gasteiger partial charge in [-0.3, -0.25) is 10.2 Å². The Labute approximate surface area is 122 Å². The van der Waals surface area contributed by atoms with Gasteiger partial charge in [-0.05, 0) is 35.4 Å². The number of halogens is 1. The van der Waals surface area contributed by atoms with Gasteiger partial charge in [0.05, 0.1) is 13.2 Å². The van der Waals surface area contributed by atoms with Crippen LogP contribution >= 0.6 is 11.6 Å². The van der Waals surface area contributed by atoms with E-state index in [-0.39, 0.29) is 5.91 Å². The zero-order chi connectivity index (χ0) is 14.4. The van der Waals surface area contributed by atoms with Gasteiger partial charge in [0, 0.05) is 10.6 Å². The highest BCUT2D eigenvalue weighted by molar-refractivity contribution is 6.30. The minimum absolute atomic E-state index is 0.318. The third-order valence-electron chi connectivity index (χ3n) is 2.75. The van der Waals surface area contributed by atoms with Crippen LogP contribution < -0.4 is 11.3 Å². The molecular formula is C15H15ClN2O2. The fourth-order valence-corrected chi connectivity index (χ4v) is 2.01. The third-order valence-corrected chi connectivity index (χ3v) is 2.98. The van der Waals surface area contributed by atoms with Crippen LogP contribution in [-0.2, 0) is 18.0 Å². The highest BCUT2D eigenvalue weighted by atomic mass is 35.5. The topological polar surface area (TPSA) is 64.3 Å². The fourth-order valence-electron chi connectivity index (χ4n) is 1.80. The Morgan fingerprint density at radius 1 is 1.10 bits per heavy atom. The van der Waals surface area contributed by atoms with Crippen molar-refractivity contribution in [3.05, 3.63) is 70.2 Å². The number of amides is 1. The van der Waals surface area contributed by atoms with E-state index in [1.54, 1.807) is 18.2 Å². The van der Waals surface area contributed by atoms with E-state index in [2.05, 4.69) is 5.43 Å². The van der Waals surface area contributed by atoms with E-state index in [1.165, 1.54) is 0 Å². The van der Waals surface area contributed by atoms with Crippen molar-refractivity contribution in [3.8, 4) is 0 Å². The molecule has 2 aromatic rings. The first-order chi connectivity index (χ1) is 9.69. The Balaban J connectivity index is 1.92. The summed E-state index contributed by atoms with van der Waals surface area (Å²) in [5, 5.41) is 0.688. The number of ether oxygens (including phenoxy) is 1. The summed E-state index contributed by atoms with van der Waals surface area (Å²) in [7, 11) is 0. The highest BCUT2D eigenvalue weighted by Gasteiger charge is 2.04. The molecule has 0 fully saturated rings. The van der Waals surface area contributed by atoms with Crippen LogP contribution in [-0.4, -0.2) is 5.91 Å². The Bertz CT molecular complexity index is 602. The molecule has 20 heavy (non-hydrogen) atoms. The summed E-state index contributed by atoms with van der Waals surface area (Å²) < 4.78 is 5.61. The van der Waals surface area contributed by atoms with Crippen molar-refractivity contribution in [2.75, 3.05) is 0 Å². The number of nitrogen functional groups attached to an aromatic ring is 1. The summed E-state index contributed by atoms with van der Waals surface area (Å²) in [6.45, 7) is 0.881. The lowest BCUT2D eigenvalue weighted by atomic mass is 10.1. The molecule has 1 amide bonds. The maximum Gasteiger partial charge on any atom is 0.265 e. The Morgan fingerprint density at radius 2 is 1.75 bits per heavy atom. The van der Waals surface area contributed by atoms with Crippen molar-refractivity contribution in [1.29, 1.82) is 0 Å². The van der Waals surface area contributed by atoms with E-state index in [1.807, 2.05) is 30.3 Å². The van der Waals surface area contributed by atoms with Gasteiger partial charge in [-0.2, -0.15) is 0 Å². The van der Waals surface area contributed by atoms with Crippen molar-refractivity contribution in [2.24, 2.45) is 5.84 Å². The van der Waals surface area contributed by atoms with Gasteiger partial charge in [-0.1, -0.05) is 35.9 Å². The van der Waals surface area contributed by atoms with E-state index in [4.69, 9.17) is 22.2 Å². The standard InChI is InChI=1S/C15H15ClN2O2/c16-14-6-2-4-12(8-14)10-20-9-11-3-1-5-13(7-11)15(19)18-17/h1-8H,9-10,17H2,(H,18,19).